The largest absolute Gasteiger partial charge is 0.463 e. The first-order valence-electron chi connectivity index (χ1n) is 4.83. The molecule has 84 valence electrons. The van der Waals surface area contributed by atoms with Crippen molar-refractivity contribution in [2.24, 2.45) is 0 Å². The van der Waals surface area contributed by atoms with Gasteiger partial charge in [0.1, 0.15) is 6.61 Å². The van der Waals surface area contributed by atoms with E-state index >= 15 is 0 Å². The topological polar surface area (TPSA) is 46.5 Å². The van der Waals surface area contributed by atoms with E-state index in [0.717, 1.165) is 0 Å². The number of aryl methyl sites for hydroxylation is 2. The smallest absolute Gasteiger partial charge is 0.302 e. The zero-order valence-electron chi connectivity index (χ0n) is 9.49. The molecule has 0 heterocycles. The summed E-state index contributed by atoms with van der Waals surface area (Å²) >= 11 is 0. The lowest BCUT2D eigenvalue weighted by molar-refractivity contribution is -0.141. The minimum absolute atomic E-state index is 0.0976. The molecule has 3 nitrogen and oxygen atoms in total. The van der Waals surface area contributed by atoms with Gasteiger partial charge in [0.15, 0.2) is 0 Å². The van der Waals surface area contributed by atoms with Crippen molar-refractivity contribution in [1.29, 1.82) is 0 Å². The van der Waals surface area contributed by atoms with Crippen molar-refractivity contribution in [2.75, 3.05) is 13.2 Å². The van der Waals surface area contributed by atoms with Crippen LogP contribution in [-0.4, -0.2) is 24.3 Å². The van der Waals surface area contributed by atoms with Crippen molar-refractivity contribution in [3.63, 3.8) is 0 Å². The molecule has 1 rings (SSSR count). The van der Waals surface area contributed by atoms with Crippen molar-refractivity contribution >= 4 is 5.97 Å². The predicted molar refractivity (Wildman–Crippen MR) is 59.6 cm³/mol. The van der Waals surface area contributed by atoms with Gasteiger partial charge in [0, 0.05) is 6.92 Å². The third-order valence-electron chi connectivity index (χ3n) is 1.61. The van der Waals surface area contributed by atoms with Crippen LogP contribution in [-0.2, 0) is 9.53 Å². The summed E-state index contributed by atoms with van der Waals surface area (Å²) in [5.41, 5.74) is 2.66. The Hall–Kier alpha value is -1.35. The molecule has 3 heteroatoms. The molecule has 0 aliphatic rings. The van der Waals surface area contributed by atoms with E-state index in [1.165, 1.54) is 18.1 Å². The number of ether oxygens (including phenoxy) is 1. The second kappa shape index (κ2) is 8.00. The first kappa shape index (κ1) is 13.7. The summed E-state index contributed by atoms with van der Waals surface area (Å²) in [6, 6.07) is 8.48. The monoisotopic (exact) mass is 210 g/mol. The Kier molecular flexibility index (Phi) is 7.28. The predicted octanol–water partition coefficient (Wildman–Crippen LogP) is 1.85. The summed E-state index contributed by atoms with van der Waals surface area (Å²) in [6.07, 6.45) is 0. The maximum atomic E-state index is 9.87. The van der Waals surface area contributed by atoms with E-state index in [-0.39, 0.29) is 19.2 Å². The zero-order valence-corrected chi connectivity index (χ0v) is 9.49. The number of esters is 1. The number of benzene rings is 1. The molecule has 0 spiro atoms. The van der Waals surface area contributed by atoms with Crippen LogP contribution in [0.5, 0.6) is 0 Å². The van der Waals surface area contributed by atoms with Crippen LogP contribution in [0.25, 0.3) is 0 Å². The minimum atomic E-state index is -0.353. The number of carbonyl (C=O) groups excluding carboxylic acids is 1. The molecule has 0 saturated carbocycles. The molecule has 0 atom stereocenters. The number of carbonyl (C=O) groups is 1. The number of hydrogen-bond donors (Lipinski definition) is 1. The van der Waals surface area contributed by atoms with Crippen LogP contribution in [0.3, 0.4) is 0 Å². The van der Waals surface area contributed by atoms with Gasteiger partial charge >= 0.3 is 5.97 Å². The van der Waals surface area contributed by atoms with E-state index in [2.05, 4.69) is 42.8 Å². The number of hydrogen-bond acceptors (Lipinski definition) is 3. The lowest BCUT2D eigenvalue weighted by Crippen LogP contribution is -2.03. The summed E-state index contributed by atoms with van der Waals surface area (Å²) < 4.78 is 4.30. The van der Waals surface area contributed by atoms with E-state index in [9.17, 15) is 4.79 Å². The quantitative estimate of drug-likeness (QED) is 0.758. The van der Waals surface area contributed by atoms with Gasteiger partial charge < -0.3 is 9.84 Å². The van der Waals surface area contributed by atoms with Crippen molar-refractivity contribution < 1.29 is 14.6 Å². The van der Waals surface area contributed by atoms with Crippen LogP contribution in [0.4, 0.5) is 0 Å². The van der Waals surface area contributed by atoms with Crippen molar-refractivity contribution in [1.82, 2.24) is 0 Å². The van der Waals surface area contributed by atoms with E-state index in [4.69, 9.17) is 5.11 Å². The molecular weight excluding hydrogens is 192 g/mol. The van der Waals surface area contributed by atoms with Crippen LogP contribution in [0, 0.1) is 13.8 Å². The molecule has 0 saturated heterocycles. The van der Waals surface area contributed by atoms with E-state index in [0.29, 0.717) is 0 Å². The minimum Gasteiger partial charge on any atom is -0.463 e. The van der Waals surface area contributed by atoms with Gasteiger partial charge in [0.05, 0.1) is 6.61 Å². The third-order valence-corrected chi connectivity index (χ3v) is 1.61. The van der Waals surface area contributed by atoms with Gasteiger partial charge in [0.2, 0.25) is 0 Å². The van der Waals surface area contributed by atoms with Crippen LogP contribution in [0.15, 0.2) is 24.3 Å². The van der Waals surface area contributed by atoms with Crippen LogP contribution < -0.4 is 0 Å². The average molecular weight is 210 g/mol. The Morgan fingerprint density at radius 2 is 1.60 bits per heavy atom. The molecule has 0 amide bonds. The molecule has 0 unspecified atom stereocenters. The van der Waals surface area contributed by atoms with Crippen LogP contribution in [0.1, 0.15) is 18.1 Å². The third kappa shape index (κ3) is 8.97. The van der Waals surface area contributed by atoms with Gasteiger partial charge in [-0.1, -0.05) is 35.4 Å². The average Bonchev–Trinajstić information content (AvgIpc) is 2.20. The maximum Gasteiger partial charge on any atom is 0.302 e. The number of aliphatic hydroxyl groups is 1. The number of aliphatic hydroxyl groups excluding tert-OH is 1. The van der Waals surface area contributed by atoms with Crippen molar-refractivity contribution in [2.45, 2.75) is 20.8 Å². The van der Waals surface area contributed by atoms with E-state index in [1.807, 2.05) is 0 Å². The highest BCUT2D eigenvalue weighted by atomic mass is 16.5. The van der Waals surface area contributed by atoms with Crippen LogP contribution in [0.2, 0.25) is 0 Å². The molecule has 0 fully saturated rings. The lowest BCUT2D eigenvalue weighted by Gasteiger charge is -1.93. The molecule has 1 aromatic rings. The Balaban J connectivity index is 0.000000265. The van der Waals surface area contributed by atoms with E-state index in [1.54, 1.807) is 0 Å². The summed E-state index contributed by atoms with van der Waals surface area (Å²) in [7, 11) is 0. The van der Waals surface area contributed by atoms with Crippen molar-refractivity contribution in [3.8, 4) is 0 Å². The summed E-state index contributed by atoms with van der Waals surface area (Å²) in [5, 5.41) is 8.04. The Morgan fingerprint density at radius 1 is 1.20 bits per heavy atom. The van der Waals surface area contributed by atoms with Gasteiger partial charge in [-0.05, 0) is 13.8 Å². The normalized spacial score (nSPS) is 8.80. The Labute approximate surface area is 90.7 Å². The first-order chi connectivity index (χ1) is 7.06. The molecule has 0 aliphatic heterocycles. The van der Waals surface area contributed by atoms with Crippen molar-refractivity contribution in [3.05, 3.63) is 35.4 Å². The molecule has 1 aromatic carbocycles. The van der Waals surface area contributed by atoms with E-state index < -0.39 is 0 Å². The number of rotatable bonds is 2. The highest BCUT2D eigenvalue weighted by Gasteiger charge is 1.86. The Morgan fingerprint density at radius 3 is 1.80 bits per heavy atom. The van der Waals surface area contributed by atoms with Gasteiger partial charge in [-0.3, -0.25) is 4.79 Å². The molecule has 0 bridgehead atoms. The van der Waals surface area contributed by atoms with Gasteiger partial charge in [0.25, 0.3) is 0 Å². The lowest BCUT2D eigenvalue weighted by atomic mass is 10.2. The fourth-order valence-electron chi connectivity index (χ4n) is 0.826. The standard InChI is InChI=1S/C8H10.C4H8O3/c1-7-3-5-8(2)6-4-7;1-4(6)7-3-2-5/h3-6H,1-2H3;5H,2-3H2,1H3. The summed E-state index contributed by atoms with van der Waals surface area (Å²) in [6.45, 7) is 5.50. The second-order valence-electron chi connectivity index (χ2n) is 3.22. The zero-order chi connectivity index (χ0) is 11.7. The summed E-state index contributed by atoms with van der Waals surface area (Å²) in [5.74, 6) is -0.353. The fourth-order valence-corrected chi connectivity index (χ4v) is 0.826. The van der Waals surface area contributed by atoms with Gasteiger partial charge in [-0.25, -0.2) is 0 Å². The SMILES string of the molecule is CC(=O)OCCO.Cc1ccc(C)cc1. The molecule has 0 aliphatic carbocycles. The molecular formula is C12H18O3. The van der Waals surface area contributed by atoms with Gasteiger partial charge in [-0.2, -0.15) is 0 Å². The Bertz CT molecular complexity index is 256. The fraction of sp³-hybridized carbons (Fsp3) is 0.417. The summed E-state index contributed by atoms with van der Waals surface area (Å²) in [4.78, 5) is 9.87. The maximum absolute atomic E-state index is 9.87. The molecule has 15 heavy (non-hydrogen) atoms. The molecule has 1 N–H and O–H groups in total. The highest BCUT2D eigenvalue weighted by Crippen LogP contribution is 1.99. The van der Waals surface area contributed by atoms with Crippen LogP contribution >= 0.6 is 0 Å². The molecule has 0 radical (unpaired) electrons. The highest BCUT2D eigenvalue weighted by molar-refractivity contribution is 5.65. The van der Waals surface area contributed by atoms with Gasteiger partial charge in [-0.15, -0.1) is 0 Å². The second-order valence-corrected chi connectivity index (χ2v) is 3.22. The molecule has 0 aromatic heterocycles. The first-order valence-corrected chi connectivity index (χ1v) is 4.83.